The summed E-state index contributed by atoms with van der Waals surface area (Å²) in [5.41, 5.74) is 5.00. The Morgan fingerprint density at radius 1 is 1.47 bits per heavy atom. The first-order chi connectivity index (χ1) is 9.22. The quantitative estimate of drug-likeness (QED) is 0.388. The Labute approximate surface area is 117 Å². The van der Waals surface area contributed by atoms with Crippen LogP contribution in [0.4, 0.5) is 0 Å². The summed E-state index contributed by atoms with van der Waals surface area (Å²) in [7, 11) is 2.02. The minimum atomic E-state index is 0.483. The second kappa shape index (κ2) is 6.15. The van der Waals surface area contributed by atoms with Crippen molar-refractivity contribution in [1.82, 2.24) is 15.3 Å². The van der Waals surface area contributed by atoms with E-state index in [4.69, 9.17) is 12.2 Å². The summed E-state index contributed by atoms with van der Waals surface area (Å²) < 4.78 is 2.07. The van der Waals surface area contributed by atoms with E-state index in [9.17, 15) is 0 Å². The summed E-state index contributed by atoms with van der Waals surface area (Å²) in [6.45, 7) is 4.23. The topological polar surface area (TPSA) is 41.4 Å². The molecule has 0 aliphatic rings. The maximum Gasteiger partial charge on any atom is 0.187 e. The van der Waals surface area contributed by atoms with Gasteiger partial charge in [0, 0.05) is 36.3 Å². The van der Waals surface area contributed by atoms with E-state index in [0.717, 1.165) is 5.56 Å². The number of hydrogen-bond acceptors (Lipinski definition) is 2. The first-order valence-electron chi connectivity index (χ1n) is 5.94. The first-order valence-corrected chi connectivity index (χ1v) is 6.35. The van der Waals surface area contributed by atoms with Gasteiger partial charge in [0.25, 0.3) is 0 Å². The van der Waals surface area contributed by atoms with Crippen molar-refractivity contribution in [2.45, 2.75) is 0 Å². The molecule has 98 valence electrons. The fraction of sp³-hybridized carbons (Fsp3) is 0.143. The summed E-state index contributed by atoms with van der Waals surface area (Å²) in [6, 6.07) is 8.19. The molecule has 0 atom stereocenters. The van der Waals surface area contributed by atoms with Gasteiger partial charge < -0.3 is 9.88 Å². The third-order valence-electron chi connectivity index (χ3n) is 2.70. The number of rotatable bonds is 4. The number of para-hydroxylation sites is 1. The Balaban J connectivity index is 2.09. The van der Waals surface area contributed by atoms with Crippen LogP contribution < -0.4 is 10.7 Å². The molecule has 1 heterocycles. The van der Waals surface area contributed by atoms with Crippen molar-refractivity contribution in [3.8, 4) is 0 Å². The van der Waals surface area contributed by atoms with Crippen molar-refractivity contribution in [2.24, 2.45) is 12.1 Å². The van der Waals surface area contributed by atoms with Crippen molar-refractivity contribution in [2.75, 3.05) is 6.54 Å². The molecule has 19 heavy (non-hydrogen) atoms. The molecule has 5 heteroatoms. The van der Waals surface area contributed by atoms with Crippen LogP contribution in [0.25, 0.3) is 10.9 Å². The minimum Gasteiger partial charge on any atom is -0.358 e. The van der Waals surface area contributed by atoms with Gasteiger partial charge in [0.15, 0.2) is 5.11 Å². The first kappa shape index (κ1) is 13.3. The van der Waals surface area contributed by atoms with Crippen LogP contribution in [0.15, 0.2) is 48.2 Å². The van der Waals surface area contributed by atoms with Gasteiger partial charge in [-0.3, -0.25) is 5.43 Å². The number of nitrogens with one attached hydrogen (secondary N) is 2. The van der Waals surface area contributed by atoms with Gasteiger partial charge in [0.2, 0.25) is 0 Å². The predicted octanol–water partition coefficient (Wildman–Crippen LogP) is 2.16. The molecule has 0 aliphatic heterocycles. The average Bonchev–Trinajstić information content (AvgIpc) is 2.74. The summed E-state index contributed by atoms with van der Waals surface area (Å²) in [4.78, 5) is 0. The zero-order chi connectivity index (χ0) is 13.7. The Bertz CT molecular complexity index is 627. The molecule has 4 nitrogen and oxygen atoms in total. The van der Waals surface area contributed by atoms with Crippen LogP contribution in [0.3, 0.4) is 0 Å². The lowest BCUT2D eigenvalue weighted by Crippen LogP contribution is -2.31. The van der Waals surface area contributed by atoms with Crippen molar-refractivity contribution < 1.29 is 0 Å². The van der Waals surface area contributed by atoms with Gasteiger partial charge in [-0.25, -0.2) is 0 Å². The highest BCUT2D eigenvalue weighted by atomic mass is 32.1. The maximum atomic E-state index is 5.05. The molecule has 2 rings (SSSR count). The monoisotopic (exact) mass is 272 g/mol. The maximum absolute atomic E-state index is 5.05. The standard InChI is InChI=1S/C14H16N4S/c1-3-8-15-14(19)17-16-9-11-10-18(2)13-7-5-4-6-12(11)13/h3-7,9-10H,1,8H2,2H3,(H2,15,17,19)/b16-9-. The van der Waals surface area contributed by atoms with E-state index in [1.807, 2.05) is 25.4 Å². The van der Waals surface area contributed by atoms with Crippen LogP contribution in [0.5, 0.6) is 0 Å². The van der Waals surface area contributed by atoms with Crippen molar-refractivity contribution in [1.29, 1.82) is 0 Å². The number of thiocarbonyl (C=S) groups is 1. The fourth-order valence-electron chi connectivity index (χ4n) is 1.84. The zero-order valence-corrected chi connectivity index (χ0v) is 11.6. The third kappa shape index (κ3) is 3.20. The Morgan fingerprint density at radius 2 is 2.26 bits per heavy atom. The molecule has 2 aromatic rings. The van der Waals surface area contributed by atoms with E-state index in [2.05, 4.69) is 39.1 Å². The molecule has 0 bridgehead atoms. The molecule has 0 unspecified atom stereocenters. The number of aryl methyl sites for hydroxylation is 1. The van der Waals surface area contributed by atoms with Gasteiger partial charge in [-0.1, -0.05) is 24.3 Å². The van der Waals surface area contributed by atoms with Crippen LogP contribution in [-0.4, -0.2) is 22.4 Å². The van der Waals surface area contributed by atoms with E-state index in [1.165, 1.54) is 10.9 Å². The molecule has 0 aliphatic carbocycles. The molecule has 0 amide bonds. The zero-order valence-electron chi connectivity index (χ0n) is 10.8. The van der Waals surface area contributed by atoms with Crippen LogP contribution in [0.1, 0.15) is 5.56 Å². The van der Waals surface area contributed by atoms with E-state index in [1.54, 1.807) is 12.3 Å². The molecule has 0 saturated heterocycles. The van der Waals surface area contributed by atoms with Gasteiger partial charge in [-0.05, 0) is 18.3 Å². The molecule has 1 aromatic carbocycles. The molecular formula is C14H16N4S. The average molecular weight is 272 g/mol. The molecule has 2 N–H and O–H groups in total. The lowest BCUT2D eigenvalue weighted by Gasteiger charge is -2.02. The predicted molar refractivity (Wildman–Crippen MR) is 84.4 cm³/mol. The molecule has 0 saturated carbocycles. The smallest absolute Gasteiger partial charge is 0.187 e. The third-order valence-corrected chi connectivity index (χ3v) is 2.94. The normalized spacial score (nSPS) is 10.8. The van der Waals surface area contributed by atoms with Crippen LogP contribution in [-0.2, 0) is 7.05 Å². The lowest BCUT2D eigenvalue weighted by atomic mass is 10.2. The fourth-order valence-corrected chi connectivity index (χ4v) is 1.98. The second-order valence-corrected chi connectivity index (χ2v) is 4.49. The van der Waals surface area contributed by atoms with Crippen LogP contribution in [0.2, 0.25) is 0 Å². The van der Waals surface area contributed by atoms with Gasteiger partial charge in [-0.15, -0.1) is 6.58 Å². The molecule has 1 aromatic heterocycles. The summed E-state index contributed by atoms with van der Waals surface area (Å²) in [6.07, 6.45) is 5.54. The van der Waals surface area contributed by atoms with E-state index < -0.39 is 0 Å². The van der Waals surface area contributed by atoms with Crippen molar-refractivity contribution >= 4 is 34.4 Å². The van der Waals surface area contributed by atoms with E-state index >= 15 is 0 Å². The Hall–Kier alpha value is -2.14. The summed E-state index contributed by atoms with van der Waals surface area (Å²) in [5, 5.41) is 8.73. The highest BCUT2D eigenvalue weighted by Gasteiger charge is 2.02. The second-order valence-electron chi connectivity index (χ2n) is 4.08. The molecule has 0 fully saturated rings. The van der Waals surface area contributed by atoms with Crippen molar-refractivity contribution in [3.63, 3.8) is 0 Å². The van der Waals surface area contributed by atoms with Crippen molar-refractivity contribution in [3.05, 3.63) is 48.7 Å². The van der Waals surface area contributed by atoms with Crippen LogP contribution >= 0.6 is 12.2 Å². The SMILES string of the molecule is C=CCNC(=S)N/N=C\c1cn(C)c2ccccc12. The van der Waals surface area contributed by atoms with E-state index in [-0.39, 0.29) is 0 Å². The number of hydrogen-bond donors (Lipinski definition) is 2. The van der Waals surface area contributed by atoms with Gasteiger partial charge in [0.05, 0.1) is 6.21 Å². The number of hydrazone groups is 1. The van der Waals surface area contributed by atoms with Gasteiger partial charge >= 0.3 is 0 Å². The largest absolute Gasteiger partial charge is 0.358 e. The lowest BCUT2D eigenvalue weighted by molar-refractivity contribution is 0.940. The number of aromatic nitrogens is 1. The minimum absolute atomic E-state index is 0.483. The highest BCUT2D eigenvalue weighted by Crippen LogP contribution is 2.18. The Morgan fingerprint density at radius 3 is 3.05 bits per heavy atom. The Kier molecular flexibility index (Phi) is 4.30. The number of nitrogens with zero attached hydrogens (tertiary/aromatic N) is 2. The number of benzene rings is 1. The summed E-state index contributed by atoms with van der Waals surface area (Å²) >= 11 is 5.05. The highest BCUT2D eigenvalue weighted by molar-refractivity contribution is 7.80. The van der Waals surface area contributed by atoms with Crippen LogP contribution in [0, 0.1) is 0 Å². The van der Waals surface area contributed by atoms with Gasteiger partial charge in [0.1, 0.15) is 0 Å². The molecule has 0 spiro atoms. The van der Waals surface area contributed by atoms with E-state index in [0.29, 0.717) is 11.7 Å². The number of fused-ring (bicyclic) bond motifs is 1. The summed E-state index contributed by atoms with van der Waals surface area (Å²) in [5.74, 6) is 0. The molecule has 0 radical (unpaired) electrons. The van der Waals surface area contributed by atoms with Gasteiger partial charge in [-0.2, -0.15) is 5.10 Å². The molecular weight excluding hydrogens is 256 g/mol.